The van der Waals surface area contributed by atoms with E-state index < -0.39 is 5.97 Å². The van der Waals surface area contributed by atoms with E-state index in [9.17, 15) is 4.79 Å². The molecule has 22 heavy (non-hydrogen) atoms. The number of rotatable bonds is 4. The third-order valence-electron chi connectivity index (χ3n) is 4.97. The minimum Gasteiger partial charge on any atom is -0.481 e. The summed E-state index contributed by atoms with van der Waals surface area (Å²) < 4.78 is 0. The Morgan fingerprint density at radius 1 is 1.09 bits per heavy atom. The molecule has 1 aromatic carbocycles. The number of carbonyl (C=O) groups is 1. The molecule has 0 saturated carbocycles. The zero-order valence-corrected chi connectivity index (χ0v) is 13.2. The summed E-state index contributed by atoms with van der Waals surface area (Å²) in [5.41, 5.74) is 2.69. The molecule has 4 heteroatoms. The molecule has 1 N–H and O–H groups in total. The van der Waals surface area contributed by atoms with Gasteiger partial charge in [-0.25, -0.2) is 0 Å². The van der Waals surface area contributed by atoms with Crippen molar-refractivity contribution in [2.45, 2.75) is 38.6 Å². The Morgan fingerprint density at radius 3 is 2.50 bits per heavy atom. The van der Waals surface area contributed by atoms with E-state index in [0.717, 1.165) is 32.5 Å². The van der Waals surface area contributed by atoms with Gasteiger partial charge in [-0.05, 0) is 62.9 Å². The number of benzene rings is 1. The largest absolute Gasteiger partial charge is 0.481 e. The molecular weight excluding hydrogens is 276 g/mol. The normalized spacial score (nSPS) is 21.0. The highest BCUT2D eigenvalue weighted by Crippen LogP contribution is 2.23. The molecular formula is C18H26N2O2. The summed E-state index contributed by atoms with van der Waals surface area (Å²) >= 11 is 0. The second-order valence-corrected chi connectivity index (χ2v) is 6.61. The first kappa shape index (κ1) is 15.3. The molecule has 120 valence electrons. The number of likely N-dealkylation sites (tertiary alicyclic amines) is 1. The van der Waals surface area contributed by atoms with Gasteiger partial charge in [0.2, 0.25) is 0 Å². The van der Waals surface area contributed by atoms with Crippen molar-refractivity contribution in [3.8, 4) is 0 Å². The Labute approximate surface area is 132 Å². The molecule has 0 spiro atoms. The van der Waals surface area contributed by atoms with Gasteiger partial charge in [-0.1, -0.05) is 12.1 Å². The minimum atomic E-state index is -0.633. The maximum Gasteiger partial charge on any atom is 0.306 e. The van der Waals surface area contributed by atoms with E-state index in [4.69, 9.17) is 5.11 Å². The number of carboxylic acids is 1. The van der Waals surface area contributed by atoms with Crippen LogP contribution in [-0.2, 0) is 11.3 Å². The van der Waals surface area contributed by atoms with Gasteiger partial charge in [0.25, 0.3) is 0 Å². The zero-order chi connectivity index (χ0) is 15.4. The van der Waals surface area contributed by atoms with Crippen molar-refractivity contribution in [2.75, 3.05) is 31.1 Å². The summed E-state index contributed by atoms with van der Waals surface area (Å²) in [6, 6.07) is 8.88. The highest BCUT2D eigenvalue weighted by atomic mass is 16.4. The fourth-order valence-electron chi connectivity index (χ4n) is 3.60. The predicted molar refractivity (Wildman–Crippen MR) is 88.1 cm³/mol. The van der Waals surface area contributed by atoms with Crippen molar-refractivity contribution in [1.82, 2.24) is 4.90 Å². The van der Waals surface area contributed by atoms with E-state index in [-0.39, 0.29) is 5.92 Å². The predicted octanol–water partition coefficient (Wildman–Crippen LogP) is 2.97. The summed E-state index contributed by atoms with van der Waals surface area (Å²) in [4.78, 5) is 15.9. The van der Waals surface area contributed by atoms with Gasteiger partial charge in [-0.3, -0.25) is 9.69 Å². The summed E-state index contributed by atoms with van der Waals surface area (Å²) in [5.74, 6) is -0.775. The van der Waals surface area contributed by atoms with Gasteiger partial charge in [0, 0.05) is 25.3 Å². The van der Waals surface area contributed by atoms with E-state index >= 15 is 0 Å². The third kappa shape index (κ3) is 3.80. The number of aliphatic carboxylic acids is 1. The summed E-state index contributed by atoms with van der Waals surface area (Å²) in [5, 5.41) is 9.07. The van der Waals surface area contributed by atoms with Gasteiger partial charge in [0.05, 0.1) is 5.92 Å². The van der Waals surface area contributed by atoms with Gasteiger partial charge in [-0.15, -0.1) is 0 Å². The van der Waals surface area contributed by atoms with E-state index in [2.05, 4.69) is 34.1 Å². The first-order valence-corrected chi connectivity index (χ1v) is 8.51. The average molecular weight is 302 g/mol. The SMILES string of the molecule is O=C(O)C1CCN(Cc2cccc(N3CCCCC3)c2)CC1. The number of anilines is 1. The van der Waals surface area contributed by atoms with E-state index in [1.807, 2.05) is 0 Å². The van der Waals surface area contributed by atoms with Crippen LogP contribution in [0.4, 0.5) is 5.69 Å². The molecule has 0 aromatic heterocycles. The molecule has 0 bridgehead atoms. The standard InChI is InChI=1S/C18H26N2O2/c21-18(22)16-7-11-19(12-8-16)14-15-5-4-6-17(13-15)20-9-2-1-3-10-20/h4-6,13,16H,1-3,7-12,14H2,(H,21,22). The van der Waals surface area contributed by atoms with Crippen LogP contribution in [0.25, 0.3) is 0 Å². The summed E-state index contributed by atoms with van der Waals surface area (Å²) in [6.45, 7) is 5.07. The fraction of sp³-hybridized carbons (Fsp3) is 0.611. The maximum absolute atomic E-state index is 11.0. The van der Waals surface area contributed by atoms with Crippen LogP contribution >= 0.6 is 0 Å². The molecule has 0 atom stereocenters. The Hall–Kier alpha value is -1.55. The first-order chi connectivity index (χ1) is 10.7. The maximum atomic E-state index is 11.0. The van der Waals surface area contributed by atoms with Crippen LogP contribution in [0.1, 0.15) is 37.7 Å². The van der Waals surface area contributed by atoms with Crippen molar-refractivity contribution >= 4 is 11.7 Å². The number of hydrogen-bond donors (Lipinski definition) is 1. The molecule has 2 fully saturated rings. The highest BCUT2D eigenvalue weighted by molar-refractivity contribution is 5.70. The number of piperidine rings is 2. The number of carboxylic acid groups (broad SMARTS) is 1. The molecule has 0 unspecified atom stereocenters. The van der Waals surface area contributed by atoms with Crippen LogP contribution in [0.15, 0.2) is 24.3 Å². The third-order valence-corrected chi connectivity index (χ3v) is 4.97. The smallest absolute Gasteiger partial charge is 0.306 e. The van der Waals surface area contributed by atoms with E-state index in [1.54, 1.807) is 0 Å². The van der Waals surface area contributed by atoms with Gasteiger partial charge in [0.15, 0.2) is 0 Å². The highest BCUT2D eigenvalue weighted by Gasteiger charge is 2.24. The lowest BCUT2D eigenvalue weighted by molar-refractivity contribution is -0.143. The molecule has 4 nitrogen and oxygen atoms in total. The lowest BCUT2D eigenvalue weighted by Crippen LogP contribution is -2.36. The second-order valence-electron chi connectivity index (χ2n) is 6.61. The van der Waals surface area contributed by atoms with Gasteiger partial charge >= 0.3 is 5.97 Å². The number of hydrogen-bond acceptors (Lipinski definition) is 3. The Morgan fingerprint density at radius 2 is 1.82 bits per heavy atom. The summed E-state index contributed by atoms with van der Waals surface area (Å²) in [7, 11) is 0. The van der Waals surface area contributed by atoms with E-state index in [0.29, 0.717) is 0 Å². The topological polar surface area (TPSA) is 43.8 Å². The zero-order valence-electron chi connectivity index (χ0n) is 13.2. The van der Waals surface area contributed by atoms with Crippen LogP contribution in [0.3, 0.4) is 0 Å². The van der Waals surface area contributed by atoms with Crippen molar-refractivity contribution in [3.63, 3.8) is 0 Å². The summed E-state index contributed by atoms with van der Waals surface area (Å²) in [6.07, 6.45) is 5.51. The van der Waals surface area contributed by atoms with Crippen molar-refractivity contribution in [2.24, 2.45) is 5.92 Å². The van der Waals surface area contributed by atoms with E-state index in [1.165, 1.54) is 43.6 Å². The Kier molecular flexibility index (Phi) is 4.98. The lowest BCUT2D eigenvalue weighted by Gasteiger charge is -2.31. The fourth-order valence-corrected chi connectivity index (χ4v) is 3.60. The molecule has 2 aliphatic rings. The van der Waals surface area contributed by atoms with Gasteiger partial charge < -0.3 is 10.0 Å². The van der Waals surface area contributed by atoms with Gasteiger partial charge in [-0.2, -0.15) is 0 Å². The van der Waals surface area contributed by atoms with Crippen LogP contribution in [0, 0.1) is 5.92 Å². The molecule has 0 amide bonds. The van der Waals surface area contributed by atoms with Crippen LogP contribution in [-0.4, -0.2) is 42.2 Å². The Balaban J connectivity index is 1.58. The van der Waals surface area contributed by atoms with Crippen LogP contribution in [0.2, 0.25) is 0 Å². The Bertz CT molecular complexity index is 504. The van der Waals surface area contributed by atoms with Crippen LogP contribution < -0.4 is 4.90 Å². The van der Waals surface area contributed by atoms with Crippen molar-refractivity contribution < 1.29 is 9.90 Å². The quantitative estimate of drug-likeness (QED) is 0.928. The molecule has 2 saturated heterocycles. The molecule has 0 radical (unpaired) electrons. The van der Waals surface area contributed by atoms with Gasteiger partial charge in [0.1, 0.15) is 0 Å². The lowest BCUT2D eigenvalue weighted by atomic mass is 9.97. The molecule has 3 rings (SSSR count). The molecule has 2 aliphatic heterocycles. The first-order valence-electron chi connectivity index (χ1n) is 8.51. The number of nitrogens with zero attached hydrogens (tertiary/aromatic N) is 2. The second kappa shape index (κ2) is 7.14. The van der Waals surface area contributed by atoms with Crippen molar-refractivity contribution in [1.29, 1.82) is 0 Å². The molecule has 1 aromatic rings. The molecule has 0 aliphatic carbocycles. The monoisotopic (exact) mass is 302 g/mol. The van der Waals surface area contributed by atoms with Crippen LogP contribution in [0.5, 0.6) is 0 Å². The minimum absolute atomic E-state index is 0.143. The average Bonchev–Trinajstić information content (AvgIpc) is 2.56. The van der Waals surface area contributed by atoms with Crippen molar-refractivity contribution in [3.05, 3.63) is 29.8 Å². The molecule has 2 heterocycles.